The second-order valence-electron chi connectivity index (χ2n) is 7.78. The smallest absolute Gasteiger partial charge is 0.275 e. The number of hydrogen-bond donors (Lipinski definition) is 3. The van der Waals surface area contributed by atoms with E-state index < -0.39 is 0 Å². The maximum Gasteiger partial charge on any atom is 0.275 e. The first-order chi connectivity index (χ1) is 13.1. The Labute approximate surface area is 163 Å². The van der Waals surface area contributed by atoms with Gasteiger partial charge in [-0.05, 0) is 18.9 Å². The largest absolute Gasteiger partial charge is 0.344 e. The molecule has 0 radical (unpaired) electrons. The highest BCUT2D eigenvalue weighted by molar-refractivity contribution is 5.77. The third-order valence-corrected chi connectivity index (χ3v) is 5.59. The minimum Gasteiger partial charge on any atom is -0.344 e. The van der Waals surface area contributed by atoms with Crippen LogP contribution in [0.25, 0.3) is 0 Å². The van der Waals surface area contributed by atoms with Gasteiger partial charge in [0.05, 0.1) is 6.04 Å². The molecular formula is C23H33N3O+2. The van der Waals surface area contributed by atoms with E-state index in [0.717, 1.165) is 39.1 Å². The molecule has 1 fully saturated rings. The number of rotatable bonds is 7. The average molecular weight is 368 g/mol. The van der Waals surface area contributed by atoms with Gasteiger partial charge in [-0.15, -0.1) is 0 Å². The van der Waals surface area contributed by atoms with Gasteiger partial charge in [0, 0.05) is 5.56 Å². The summed E-state index contributed by atoms with van der Waals surface area (Å²) in [5, 5.41) is 3.23. The van der Waals surface area contributed by atoms with Gasteiger partial charge in [0.15, 0.2) is 6.54 Å². The Morgan fingerprint density at radius 1 is 0.963 bits per heavy atom. The minimum atomic E-state index is 0.113. The molecule has 1 aliphatic rings. The van der Waals surface area contributed by atoms with Crippen molar-refractivity contribution >= 4 is 5.91 Å². The lowest BCUT2D eigenvalue weighted by molar-refractivity contribution is -1.02. The van der Waals surface area contributed by atoms with E-state index >= 15 is 0 Å². The molecule has 0 saturated carbocycles. The normalized spacial score (nSPS) is 20.8. The van der Waals surface area contributed by atoms with Crippen LogP contribution >= 0.6 is 0 Å². The van der Waals surface area contributed by atoms with Crippen molar-refractivity contribution in [2.24, 2.45) is 0 Å². The van der Waals surface area contributed by atoms with Crippen LogP contribution in [0.3, 0.4) is 0 Å². The van der Waals surface area contributed by atoms with Crippen LogP contribution < -0.4 is 15.1 Å². The Kier molecular flexibility index (Phi) is 7.02. The van der Waals surface area contributed by atoms with Crippen LogP contribution in [0.5, 0.6) is 0 Å². The van der Waals surface area contributed by atoms with Crippen LogP contribution in [0.2, 0.25) is 0 Å². The van der Waals surface area contributed by atoms with Crippen molar-refractivity contribution in [3.63, 3.8) is 0 Å². The van der Waals surface area contributed by atoms with Gasteiger partial charge >= 0.3 is 0 Å². The summed E-state index contributed by atoms with van der Waals surface area (Å²) < 4.78 is 0. The molecule has 3 N–H and O–H groups in total. The molecule has 0 spiro atoms. The van der Waals surface area contributed by atoms with E-state index in [4.69, 9.17) is 0 Å². The molecule has 144 valence electrons. The maximum atomic E-state index is 12.6. The first-order valence-electron chi connectivity index (χ1n) is 10.2. The third kappa shape index (κ3) is 5.91. The van der Waals surface area contributed by atoms with Crippen LogP contribution in [0.15, 0.2) is 54.6 Å². The van der Waals surface area contributed by atoms with Crippen molar-refractivity contribution in [2.75, 3.05) is 32.7 Å². The van der Waals surface area contributed by atoms with E-state index in [1.165, 1.54) is 21.6 Å². The van der Waals surface area contributed by atoms with Crippen LogP contribution in [0.4, 0.5) is 0 Å². The molecule has 4 nitrogen and oxygen atoms in total. The maximum absolute atomic E-state index is 12.6. The minimum absolute atomic E-state index is 0.113. The number of quaternary nitrogens is 2. The molecule has 0 bridgehead atoms. The summed E-state index contributed by atoms with van der Waals surface area (Å²) in [5.74, 6) is 0.170. The number of carbonyl (C=O) groups excluding carboxylic acids is 1. The molecule has 1 heterocycles. The molecule has 1 amide bonds. The Hall–Kier alpha value is -2.17. The van der Waals surface area contributed by atoms with Gasteiger partial charge in [-0.2, -0.15) is 0 Å². The average Bonchev–Trinajstić information content (AvgIpc) is 2.69. The number of amides is 1. The number of nitrogens with one attached hydrogen (secondary N) is 3. The van der Waals surface area contributed by atoms with E-state index in [1.54, 1.807) is 4.90 Å². The van der Waals surface area contributed by atoms with Gasteiger partial charge in [0.1, 0.15) is 32.7 Å². The quantitative estimate of drug-likeness (QED) is 0.657. The lowest BCUT2D eigenvalue weighted by atomic mass is 10.0. The first-order valence-corrected chi connectivity index (χ1v) is 10.2. The summed E-state index contributed by atoms with van der Waals surface area (Å²) >= 11 is 0. The fourth-order valence-electron chi connectivity index (χ4n) is 3.89. The Bertz CT molecular complexity index is 706. The van der Waals surface area contributed by atoms with Crippen molar-refractivity contribution in [2.45, 2.75) is 32.9 Å². The number of benzene rings is 2. The van der Waals surface area contributed by atoms with Crippen LogP contribution in [0, 0.1) is 6.92 Å². The Morgan fingerprint density at radius 3 is 2.22 bits per heavy atom. The second kappa shape index (κ2) is 9.67. The van der Waals surface area contributed by atoms with Gasteiger partial charge in [-0.1, -0.05) is 67.1 Å². The lowest BCUT2D eigenvalue weighted by Crippen LogP contribution is -3.28. The van der Waals surface area contributed by atoms with Crippen LogP contribution in [0.1, 0.15) is 36.1 Å². The lowest BCUT2D eigenvalue weighted by Gasteiger charge is -2.29. The summed E-state index contributed by atoms with van der Waals surface area (Å²) in [6, 6.07) is 19.3. The predicted molar refractivity (Wildman–Crippen MR) is 109 cm³/mol. The standard InChI is InChI=1S/C23H31N3O/c1-3-22(21-11-9-19(2)10-12-21)24-23(27)18-26-15-13-25(14-16-26)17-20-7-5-4-6-8-20/h4-12,22H,3,13-18H2,1-2H3,(H,24,27)/p+2/t22-/m1/s1. The first kappa shape index (κ1) is 19.6. The zero-order chi connectivity index (χ0) is 19.1. The van der Waals surface area contributed by atoms with Crippen molar-refractivity contribution in [3.05, 3.63) is 71.3 Å². The topological polar surface area (TPSA) is 38.0 Å². The SMILES string of the molecule is CC[C@@H](NC(=O)C[NH+]1CC[NH+](Cc2ccccc2)CC1)c1ccc(C)cc1. The van der Waals surface area contributed by atoms with Gasteiger partial charge in [-0.3, -0.25) is 4.79 Å². The highest BCUT2D eigenvalue weighted by Gasteiger charge is 2.25. The zero-order valence-corrected chi connectivity index (χ0v) is 16.6. The highest BCUT2D eigenvalue weighted by atomic mass is 16.2. The summed E-state index contributed by atoms with van der Waals surface area (Å²) in [4.78, 5) is 15.6. The van der Waals surface area contributed by atoms with Crippen molar-refractivity contribution < 1.29 is 14.6 Å². The summed E-state index contributed by atoms with van der Waals surface area (Å²) in [6.07, 6.45) is 0.916. The fraction of sp³-hybridized carbons (Fsp3) is 0.435. The van der Waals surface area contributed by atoms with Crippen molar-refractivity contribution in [1.29, 1.82) is 0 Å². The molecule has 1 saturated heterocycles. The molecule has 0 aromatic heterocycles. The summed E-state index contributed by atoms with van der Waals surface area (Å²) in [5.41, 5.74) is 3.85. The molecular weight excluding hydrogens is 334 g/mol. The number of aryl methyl sites for hydroxylation is 1. The monoisotopic (exact) mass is 367 g/mol. The molecule has 27 heavy (non-hydrogen) atoms. The molecule has 0 aliphatic carbocycles. The fourth-order valence-corrected chi connectivity index (χ4v) is 3.89. The van der Waals surface area contributed by atoms with E-state index in [0.29, 0.717) is 6.54 Å². The van der Waals surface area contributed by atoms with E-state index in [9.17, 15) is 4.79 Å². The second-order valence-corrected chi connectivity index (χ2v) is 7.78. The Balaban J connectivity index is 1.44. The molecule has 0 unspecified atom stereocenters. The molecule has 4 heteroatoms. The van der Waals surface area contributed by atoms with Gasteiger partial charge in [-0.25, -0.2) is 0 Å². The number of piperazine rings is 1. The van der Waals surface area contributed by atoms with E-state index in [1.807, 2.05) is 0 Å². The number of carbonyl (C=O) groups is 1. The molecule has 1 aliphatic heterocycles. The summed E-state index contributed by atoms with van der Waals surface area (Å²) in [7, 11) is 0. The highest BCUT2D eigenvalue weighted by Crippen LogP contribution is 2.16. The van der Waals surface area contributed by atoms with Gasteiger partial charge < -0.3 is 15.1 Å². The number of hydrogen-bond acceptors (Lipinski definition) is 1. The van der Waals surface area contributed by atoms with Crippen LogP contribution in [-0.2, 0) is 11.3 Å². The van der Waals surface area contributed by atoms with Crippen LogP contribution in [-0.4, -0.2) is 38.6 Å². The van der Waals surface area contributed by atoms with Gasteiger partial charge in [0.2, 0.25) is 0 Å². The Morgan fingerprint density at radius 2 is 1.59 bits per heavy atom. The van der Waals surface area contributed by atoms with Gasteiger partial charge in [0.25, 0.3) is 5.91 Å². The van der Waals surface area contributed by atoms with Crippen molar-refractivity contribution in [3.8, 4) is 0 Å². The molecule has 2 aromatic carbocycles. The predicted octanol–water partition coefficient (Wildman–Crippen LogP) is 0.546. The molecule has 1 atom stereocenters. The summed E-state index contributed by atoms with van der Waals surface area (Å²) in [6.45, 7) is 10.3. The van der Waals surface area contributed by atoms with E-state index in [2.05, 4.69) is 73.8 Å². The van der Waals surface area contributed by atoms with E-state index in [-0.39, 0.29) is 11.9 Å². The zero-order valence-electron chi connectivity index (χ0n) is 16.6. The molecule has 3 rings (SSSR count). The third-order valence-electron chi connectivity index (χ3n) is 5.59. The molecule has 2 aromatic rings. The van der Waals surface area contributed by atoms with Crippen molar-refractivity contribution in [1.82, 2.24) is 5.32 Å².